The Morgan fingerprint density at radius 2 is 1.96 bits per heavy atom. The third-order valence-corrected chi connectivity index (χ3v) is 4.19. The number of aryl methyl sites for hydroxylation is 1. The van der Waals surface area contributed by atoms with E-state index in [-0.39, 0.29) is 17.2 Å². The molecule has 4 aromatic rings. The minimum atomic E-state index is -0.522. The first-order valence-electron chi connectivity index (χ1n) is 8.04. The second-order valence-corrected chi connectivity index (χ2v) is 5.72. The molecule has 0 bridgehead atoms. The van der Waals surface area contributed by atoms with Gasteiger partial charge in [0.15, 0.2) is 0 Å². The molecule has 6 nitrogen and oxygen atoms in total. The molecule has 0 radical (unpaired) electrons. The van der Waals surface area contributed by atoms with Gasteiger partial charge in [-0.2, -0.15) is 4.98 Å². The molecule has 0 fully saturated rings. The highest BCUT2D eigenvalue weighted by Crippen LogP contribution is 2.33. The molecule has 0 saturated carbocycles. The summed E-state index contributed by atoms with van der Waals surface area (Å²) in [6, 6.07) is 13.0. The Kier molecular flexibility index (Phi) is 3.76. The lowest BCUT2D eigenvalue weighted by atomic mass is 10.1. The van der Waals surface area contributed by atoms with Crippen molar-refractivity contribution in [2.75, 3.05) is 0 Å². The van der Waals surface area contributed by atoms with Crippen molar-refractivity contribution in [1.82, 2.24) is 14.7 Å². The van der Waals surface area contributed by atoms with Gasteiger partial charge in [-0.1, -0.05) is 35.5 Å². The summed E-state index contributed by atoms with van der Waals surface area (Å²) in [4.78, 5) is 17.1. The molecule has 0 saturated heterocycles. The Hall–Kier alpha value is -3.48. The molecule has 2 aromatic heterocycles. The van der Waals surface area contributed by atoms with Crippen molar-refractivity contribution in [3.05, 3.63) is 64.7 Å². The molecule has 26 heavy (non-hydrogen) atoms. The van der Waals surface area contributed by atoms with Crippen LogP contribution in [0.25, 0.3) is 33.7 Å². The monoisotopic (exact) mass is 351 g/mol. The van der Waals surface area contributed by atoms with E-state index in [1.54, 1.807) is 6.92 Å². The van der Waals surface area contributed by atoms with Gasteiger partial charge in [0.2, 0.25) is 5.82 Å². The van der Waals surface area contributed by atoms with Crippen molar-refractivity contribution >= 4 is 10.9 Å². The van der Waals surface area contributed by atoms with E-state index < -0.39 is 11.4 Å². The summed E-state index contributed by atoms with van der Waals surface area (Å²) < 4.78 is 20.2. The zero-order valence-electron chi connectivity index (χ0n) is 13.8. The van der Waals surface area contributed by atoms with Crippen LogP contribution in [-0.4, -0.2) is 19.8 Å². The lowest BCUT2D eigenvalue weighted by Gasteiger charge is -2.11. The Bertz CT molecular complexity index is 1170. The van der Waals surface area contributed by atoms with Crippen LogP contribution >= 0.6 is 0 Å². The highest BCUT2D eigenvalue weighted by atomic mass is 19.1. The van der Waals surface area contributed by atoms with E-state index in [4.69, 9.17) is 4.52 Å². The molecule has 0 spiro atoms. The molecular formula is C19H14FN3O3. The molecule has 0 aliphatic rings. The van der Waals surface area contributed by atoms with Crippen molar-refractivity contribution in [3.8, 4) is 28.6 Å². The first-order chi connectivity index (χ1) is 12.6. The number of halogens is 1. The third-order valence-electron chi connectivity index (χ3n) is 4.19. The van der Waals surface area contributed by atoms with Crippen LogP contribution in [0.1, 0.15) is 6.92 Å². The summed E-state index contributed by atoms with van der Waals surface area (Å²) in [6.07, 6.45) is 0. The maximum absolute atomic E-state index is 13.6. The molecule has 0 aliphatic carbocycles. The third kappa shape index (κ3) is 2.45. The van der Waals surface area contributed by atoms with Crippen LogP contribution in [0.2, 0.25) is 0 Å². The Morgan fingerprint density at radius 1 is 1.19 bits per heavy atom. The van der Waals surface area contributed by atoms with Crippen molar-refractivity contribution in [2.45, 2.75) is 13.5 Å². The molecule has 0 unspecified atom stereocenters. The van der Waals surface area contributed by atoms with Crippen molar-refractivity contribution in [3.63, 3.8) is 0 Å². The molecular weight excluding hydrogens is 337 g/mol. The SMILES string of the molecule is CCn1c(=O)c(-c2nc(-c3ccccc3)no2)c(O)c2ccc(F)cc21. The molecule has 2 aromatic carbocycles. The minimum Gasteiger partial charge on any atom is -0.506 e. The second kappa shape index (κ2) is 6.11. The highest BCUT2D eigenvalue weighted by molar-refractivity contribution is 5.91. The van der Waals surface area contributed by atoms with Gasteiger partial charge in [0.05, 0.1) is 5.52 Å². The van der Waals surface area contributed by atoms with Gasteiger partial charge in [-0.15, -0.1) is 0 Å². The predicted octanol–water partition coefficient (Wildman–Crippen LogP) is 3.58. The topological polar surface area (TPSA) is 81.2 Å². The molecule has 0 aliphatic heterocycles. The predicted molar refractivity (Wildman–Crippen MR) is 94.2 cm³/mol. The van der Waals surface area contributed by atoms with Gasteiger partial charge in [-0.25, -0.2) is 4.39 Å². The number of pyridine rings is 1. The van der Waals surface area contributed by atoms with Gasteiger partial charge in [0.25, 0.3) is 11.4 Å². The van der Waals surface area contributed by atoms with E-state index in [0.717, 1.165) is 5.56 Å². The summed E-state index contributed by atoms with van der Waals surface area (Å²) in [5, 5.41) is 14.8. The first kappa shape index (κ1) is 16.0. The fraction of sp³-hybridized carbons (Fsp3) is 0.105. The summed E-state index contributed by atoms with van der Waals surface area (Å²) in [7, 11) is 0. The van der Waals surface area contributed by atoms with Gasteiger partial charge < -0.3 is 14.2 Å². The maximum atomic E-state index is 13.6. The lowest BCUT2D eigenvalue weighted by molar-refractivity contribution is 0.425. The summed E-state index contributed by atoms with van der Waals surface area (Å²) >= 11 is 0. The Labute approximate surface area is 147 Å². The zero-order chi connectivity index (χ0) is 18.3. The van der Waals surface area contributed by atoms with E-state index in [9.17, 15) is 14.3 Å². The van der Waals surface area contributed by atoms with E-state index in [2.05, 4.69) is 10.1 Å². The molecule has 1 N–H and O–H groups in total. The summed E-state index contributed by atoms with van der Waals surface area (Å²) in [6.45, 7) is 2.06. The molecule has 4 rings (SSSR count). The van der Waals surface area contributed by atoms with Crippen molar-refractivity contribution in [2.24, 2.45) is 0 Å². The number of rotatable bonds is 3. The largest absolute Gasteiger partial charge is 0.506 e. The van der Waals surface area contributed by atoms with Crippen LogP contribution in [0, 0.1) is 5.82 Å². The van der Waals surface area contributed by atoms with E-state index >= 15 is 0 Å². The Morgan fingerprint density at radius 3 is 2.69 bits per heavy atom. The van der Waals surface area contributed by atoms with Crippen LogP contribution in [0.3, 0.4) is 0 Å². The summed E-state index contributed by atoms with van der Waals surface area (Å²) in [5.41, 5.74) is 0.411. The first-order valence-corrected chi connectivity index (χ1v) is 8.04. The fourth-order valence-corrected chi connectivity index (χ4v) is 2.94. The van der Waals surface area contributed by atoms with Crippen LogP contribution in [0.4, 0.5) is 4.39 Å². The lowest BCUT2D eigenvalue weighted by Crippen LogP contribution is -2.21. The fourth-order valence-electron chi connectivity index (χ4n) is 2.94. The molecule has 2 heterocycles. The van der Waals surface area contributed by atoms with Gasteiger partial charge in [-0.05, 0) is 25.1 Å². The van der Waals surface area contributed by atoms with Crippen molar-refractivity contribution < 1.29 is 14.0 Å². The smallest absolute Gasteiger partial charge is 0.267 e. The number of benzene rings is 2. The van der Waals surface area contributed by atoms with Crippen LogP contribution < -0.4 is 5.56 Å². The van der Waals surface area contributed by atoms with Gasteiger partial charge in [-0.3, -0.25) is 4.79 Å². The standard InChI is InChI=1S/C19H14FN3O3/c1-2-23-14-10-12(20)8-9-13(14)16(24)15(19(23)25)18-21-17(22-26-18)11-6-4-3-5-7-11/h3-10,24H,2H2,1H3. The number of nitrogens with zero attached hydrogens (tertiary/aromatic N) is 3. The van der Waals surface area contributed by atoms with Gasteiger partial charge in [0.1, 0.15) is 17.1 Å². The number of hydrogen-bond acceptors (Lipinski definition) is 5. The minimum absolute atomic E-state index is 0.0835. The van der Waals surface area contributed by atoms with Crippen molar-refractivity contribution in [1.29, 1.82) is 0 Å². The van der Waals surface area contributed by atoms with Gasteiger partial charge in [0, 0.05) is 17.5 Å². The van der Waals surface area contributed by atoms with E-state index in [1.807, 2.05) is 30.3 Å². The highest BCUT2D eigenvalue weighted by Gasteiger charge is 2.23. The number of hydrogen-bond donors (Lipinski definition) is 1. The number of aromatic hydroxyl groups is 1. The van der Waals surface area contributed by atoms with E-state index in [0.29, 0.717) is 23.3 Å². The summed E-state index contributed by atoms with van der Waals surface area (Å²) in [5.74, 6) is -0.574. The zero-order valence-corrected chi connectivity index (χ0v) is 13.8. The average molecular weight is 351 g/mol. The normalized spacial score (nSPS) is 11.2. The quantitative estimate of drug-likeness (QED) is 0.610. The maximum Gasteiger partial charge on any atom is 0.267 e. The average Bonchev–Trinajstić information content (AvgIpc) is 3.12. The van der Waals surface area contributed by atoms with Crippen LogP contribution in [0.5, 0.6) is 5.75 Å². The van der Waals surface area contributed by atoms with Gasteiger partial charge >= 0.3 is 0 Å². The van der Waals surface area contributed by atoms with Crippen LogP contribution in [-0.2, 0) is 6.54 Å². The molecule has 0 amide bonds. The second-order valence-electron chi connectivity index (χ2n) is 5.72. The molecule has 0 atom stereocenters. The Balaban J connectivity index is 1.97. The number of fused-ring (bicyclic) bond motifs is 1. The number of aromatic nitrogens is 3. The van der Waals surface area contributed by atoms with E-state index in [1.165, 1.54) is 22.8 Å². The van der Waals surface area contributed by atoms with Crippen LogP contribution in [0.15, 0.2) is 57.8 Å². The molecule has 7 heteroatoms. The molecule has 130 valence electrons.